The van der Waals surface area contributed by atoms with Crippen molar-refractivity contribution >= 4 is 0 Å². The Kier molecular flexibility index (Phi) is 5.10. The fourth-order valence-corrected chi connectivity index (χ4v) is 4.39. The van der Waals surface area contributed by atoms with Crippen molar-refractivity contribution in [3.63, 3.8) is 0 Å². The quantitative estimate of drug-likeness (QED) is 0.836. The molecule has 3 nitrogen and oxygen atoms in total. The highest BCUT2D eigenvalue weighted by atomic mass is 15.2. The van der Waals surface area contributed by atoms with Crippen LogP contribution in [0.2, 0.25) is 0 Å². The van der Waals surface area contributed by atoms with Gasteiger partial charge in [-0.1, -0.05) is 24.3 Å². The van der Waals surface area contributed by atoms with E-state index in [1.807, 2.05) is 0 Å². The number of pyridine rings is 1. The molecule has 1 aromatic carbocycles. The first kappa shape index (κ1) is 17.7. The third-order valence-electron chi connectivity index (χ3n) is 6.20. The summed E-state index contributed by atoms with van der Waals surface area (Å²) < 4.78 is 0. The summed E-state index contributed by atoms with van der Waals surface area (Å²) in [6, 6.07) is 12.4. The lowest BCUT2D eigenvalue weighted by atomic mass is 9.96. The molecule has 1 unspecified atom stereocenters. The number of benzene rings is 1. The molecule has 0 radical (unpaired) electrons. The third kappa shape index (κ3) is 3.70. The Bertz CT molecular complexity index is 768. The molecule has 2 aliphatic heterocycles. The van der Waals surface area contributed by atoms with Crippen molar-refractivity contribution in [2.24, 2.45) is 0 Å². The van der Waals surface area contributed by atoms with Gasteiger partial charge >= 0.3 is 0 Å². The van der Waals surface area contributed by atoms with Crippen molar-refractivity contribution in [2.75, 3.05) is 13.1 Å². The Hall–Kier alpha value is -1.71. The molecule has 0 N–H and O–H groups in total. The van der Waals surface area contributed by atoms with Crippen LogP contribution in [0.4, 0.5) is 0 Å². The summed E-state index contributed by atoms with van der Waals surface area (Å²) in [6.45, 7) is 11.4. The Morgan fingerprint density at radius 1 is 0.885 bits per heavy atom. The predicted molar refractivity (Wildman–Crippen MR) is 107 cm³/mol. The summed E-state index contributed by atoms with van der Waals surface area (Å²) in [7, 11) is 0. The smallest absolute Gasteiger partial charge is 0.0422 e. The molecule has 0 spiro atoms. The fraction of sp³-hybridized carbons (Fsp3) is 0.522. The number of rotatable bonds is 4. The molecular weight excluding hydrogens is 318 g/mol. The van der Waals surface area contributed by atoms with Gasteiger partial charge in [-0.3, -0.25) is 14.8 Å². The average Bonchev–Trinajstić information content (AvgIpc) is 2.67. The lowest BCUT2D eigenvalue weighted by molar-refractivity contribution is 0.188. The van der Waals surface area contributed by atoms with Gasteiger partial charge in [0, 0.05) is 56.6 Å². The Labute approximate surface area is 158 Å². The van der Waals surface area contributed by atoms with E-state index in [-0.39, 0.29) is 0 Å². The van der Waals surface area contributed by atoms with Gasteiger partial charge in [-0.25, -0.2) is 0 Å². The topological polar surface area (TPSA) is 19.4 Å². The first-order valence-electron chi connectivity index (χ1n) is 10.1. The SMILES string of the molecule is CC(C)N1CCc2cnc(CC(C)N3CCc4ccccc4C3)cc2C1. The van der Waals surface area contributed by atoms with E-state index in [0.717, 1.165) is 39.0 Å². The summed E-state index contributed by atoms with van der Waals surface area (Å²) >= 11 is 0. The Morgan fingerprint density at radius 3 is 2.38 bits per heavy atom. The maximum Gasteiger partial charge on any atom is 0.0422 e. The van der Waals surface area contributed by atoms with Crippen LogP contribution >= 0.6 is 0 Å². The fourth-order valence-electron chi connectivity index (χ4n) is 4.39. The molecule has 3 heterocycles. The van der Waals surface area contributed by atoms with Crippen molar-refractivity contribution in [2.45, 2.75) is 65.2 Å². The highest BCUT2D eigenvalue weighted by Crippen LogP contribution is 2.24. The van der Waals surface area contributed by atoms with Crippen LogP contribution in [0, 0.1) is 0 Å². The summed E-state index contributed by atoms with van der Waals surface area (Å²) in [5, 5.41) is 0. The second-order valence-corrected chi connectivity index (χ2v) is 8.30. The van der Waals surface area contributed by atoms with E-state index < -0.39 is 0 Å². The minimum atomic E-state index is 0.527. The second-order valence-electron chi connectivity index (χ2n) is 8.30. The number of fused-ring (bicyclic) bond motifs is 2. The monoisotopic (exact) mass is 349 g/mol. The molecule has 3 heteroatoms. The number of nitrogens with zero attached hydrogens (tertiary/aromatic N) is 3. The van der Waals surface area contributed by atoms with Gasteiger partial charge in [-0.15, -0.1) is 0 Å². The van der Waals surface area contributed by atoms with Crippen molar-refractivity contribution in [1.29, 1.82) is 0 Å². The van der Waals surface area contributed by atoms with E-state index in [9.17, 15) is 0 Å². The van der Waals surface area contributed by atoms with Crippen LogP contribution < -0.4 is 0 Å². The zero-order valence-corrected chi connectivity index (χ0v) is 16.4. The van der Waals surface area contributed by atoms with Crippen molar-refractivity contribution in [3.8, 4) is 0 Å². The van der Waals surface area contributed by atoms with Crippen LogP contribution in [0.25, 0.3) is 0 Å². The van der Waals surface area contributed by atoms with E-state index in [4.69, 9.17) is 4.98 Å². The van der Waals surface area contributed by atoms with Gasteiger partial charge in [0.25, 0.3) is 0 Å². The molecule has 0 bridgehead atoms. The van der Waals surface area contributed by atoms with Crippen LogP contribution in [-0.2, 0) is 32.4 Å². The standard InChI is InChI=1S/C23H31N3/c1-17(2)25-10-9-20-14-24-23(13-22(20)16-25)12-18(3)26-11-8-19-6-4-5-7-21(19)15-26/h4-7,13-14,17-18H,8-12,15-16H2,1-3H3. The first-order valence-corrected chi connectivity index (χ1v) is 10.1. The van der Waals surface area contributed by atoms with Crippen LogP contribution in [0.5, 0.6) is 0 Å². The molecule has 2 aliphatic rings. The predicted octanol–water partition coefficient (Wildman–Crippen LogP) is 3.84. The molecule has 0 fully saturated rings. The molecule has 0 saturated heterocycles. The normalized spacial score (nSPS) is 19.2. The summed E-state index contributed by atoms with van der Waals surface area (Å²) in [5.41, 5.74) is 7.21. The largest absolute Gasteiger partial charge is 0.296 e. The second kappa shape index (κ2) is 7.50. The van der Waals surface area contributed by atoms with Crippen LogP contribution in [-0.4, -0.2) is 40.0 Å². The Balaban J connectivity index is 1.44. The molecule has 1 atom stereocenters. The minimum absolute atomic E-state index is 0.527. The molecule has 1 aromatic heterocycles. The highest BCUT2D eigenvalue weighted by molar-refractivity contribution is 5.31. The minimum Gasteiger partial charge on any atom is -0.296 e. The summed E-state index contributed by atoms with van der Waals surface area (Å²) in [6.07, 6.45) is 5.48. The lowest BCUT2D eigenvalue weighted by Crippen LogP contribution is -2.39. The van der Waals surface area contributed by atoms with E-state index in [1.165, 1.54) is 34.4 Å². The zero-order chi connectivity index (χ0) is 18.1. The number of hydrogen-bond acceptors (Lipinski definition) is 3. The molecule has 0 aliphatic carbocycles. The van der Waals surface area contributed by atoms with E-state index in [0.29, 0.717) is 12.1 Å². The third-order valence-corrected chi connectivity index (χ3v) is 6.20. The maximum absolute atomic E-state index is 4.80. The summed E-state index contributed by atoms with van der Waals surface area (Å²) in [4.78, 5) is 9.98. The van der Waals surface area contributed by atoms with Crippen LogP contribution in [0.3, 0.4) is 0 Å². The maximum atomic E-state index is 4.80. The molecular formula is C23H31N3. The molecule has 0 amide bonds. The lowest BCUT2D eigenvalue weighted by Gasteiger charge is -2.34. The van der Waals surface area contributed by atoms with Gasteiger partial charge in [-0.05, 0) is 61.9 Å². The van der Waals surface area contributed by atoms with Gasteiger partial charge in [-0.2, -0.15) is 0 Å². The molecule has 138 valence electrons. The van der Waals surface area contributed by atoms with Gasteiger partial charge in [0.15, 0.2) is 0 Å². The van der Waals surface area contributed by atoms with Crippen molar-refractivity contribution in [1.82, 2.24) is 14.8 Å². The first-order chi connectivity index (χ1) is 12.6. The van der Waals surface area contributed by atoms with E-state index in [1.54, 1.807) is 0 Å². The average molecular weight is 350 g/mol. The van der Waals surface area contributed by atoms with Gasteiger partial charge in [0.1, 0.15) is 0 Å². The summed E-state index contributed by atoms with van der Waals surface area (Å²) in [5.74, 6) is 0. The highest BCUT2D eigenvalue weighted by Gasteiger charge is 2.22. The van der Waals surface area contributed by atoms with Crippen molar-refractivity contribution < 1.29 is 0 Å². The van der Waals surface area contributed by atoms with Gasteiger partial charge in [0.2, 0.25) is 0 Å². The zero-order valence-electron chi connectivity index (χ0n) is 16.4. The van der Waals surface area contributed by atoms with Crippen LogP contribution in [0.1, 0.15) is 48.7 Å². The van der Waals surface area contributed by atoms with E-state index in [2.05, 4.69) is 67.1 Å². The van der Waals surface area contributed by atoms with E-state index >= 15 is 0 Å². The van der Waals surface area contributed by atoms with Crippen LogP contribution in [0.15, 0.2) is 36.5 Å². The number of hydrogen-bond donors (Lipinski definition) is 0. The van der Waals surface area contributed by atoms with Gasteiger partial charge in [0.05, 0.1) is 0 Å². The molecule has 0 saturated carbocycles. The Morgan fingerprint density at radius 2 is 1.58 bits per heavy atom. The molecule has 4 rings (SSSR count). The van der Waals surface area contributed by atoms with Gasteiger partial charge < -0.3 is 0 Å². The van der Waals surface area contributed by atoms with Crippen molar-refractivity contribution in [3.05, 3.63) is 64.5 Å². The number of aromatic nitrogens is 1. The molecule has 2 aromatic rings. The molecule has 26 heavy (non-hydrogen) atoms.